The van der Waals surface area contributed by atoms with Crippen molar-refractivity contribution in [1.82, 2.24) is 4.90 Å². The number of amides is 1. The second-order valence-corrected chi connectivity index (χ2v) is 7.82. The normalized spacial score (nSPS) is 15.7. The summed E-state index contributed by atoms with van der Waals surface area (Å²) in [7, 11) is 3.97. The van der Waals surface area contributed by atoms with Gasteiger partial charge in [0, 0.05) is 32.7 Å². The molecule has 7 heteroatoms. The van der Waals surface area contributed by atoms with E-state index in [-0.39, 0.29) is 11.9 Å². The number of ether oxygens (including phenoxy) is 1. The smallest absolute Gasteiger partial charge is 0.305 e. The fourth-order valence-corrected chi connectivity index (χ4v) is 3.69. The maximum atomic E-state index is 12.6. The average Bonchev–Trinajstić information content (AvgIpc) is 2.87. The van der Waals surface area contributed by atoms with E-state index in [4.69, 9.17) is 17.0 Å². The summed E-state index contributed by atoms with van der Waals surface area (Å²) in [5, 5.41) is 0. The van der Waals surface area contributed by atoms with Crippen LogP contribution in [-0.4, -0.2) is 48.3 Å². The quantitative estimate of drug-likeness (QED) is 0.382. The third-order valence-electron chi connectivity index (χ3n) is 3.81. The minimum atomic E-state index is -0.228. The second kappa shape index (κ2) is 9.73. The van der Waals surface area contributed by atoms with Gasteiger partial charge in [-0.25, -0.2) is 0 Å². The zero-order chi connectivity index (χ0) is 19.1. The molecule has 0 N–H and O–H groups in total. The lowest BCUT2D eigenvalue weighted by Crippen LogP contribution is -2.29. The Morgan fingerprint density at radius 1 is 1.31 bits per heavy atom. The van der Waals surface area contributed by atoms with Crippen molar-refractivity contribution in [2.75, 3.05) is 32.1 Å². The van der Waals surface area contributed by atoms with Crippen LogP contribution < -0.4 is 4.90 Å². The Balaban J connectivity index is 1.94. The van der Waals surface area contributed by atoms with Gasteiger partial charge >= 0.3 is 5.97 Å². The Morgan fingerprint density at radius 3 is 2.62 bits per heavy atom. The van der Waals surface area contributed by atoms with Crippen LogP contribution in [0.25, 0.3) is 6.08 Å². The largest absolute Gasteiger partial charge is 0.466 e. The number of thiocarbonyl (C=S) groups is 1. The first-order valence-corrected chi connectivity index (χ1v) is 9.83. The molecule has 140 valence electrons. The van der Waals surface area contributed by atoms with Crippen LogP contribution in [0.3, 0.4) is 0 Å². The lowest BCUT2D eigenvalue weighted by molar-refractivity contribution is -0.144. The number of nitrogens with zero attached hydrogens (tertiary/aromatic N) is 2. The van der Waals surface area contributed by atoms with Crippen LogP contribution in [0.1, 0.15) is 31.7 Å². The number of rotatable bonds is 8. The highest BCUT2D eigenvalue weighted by Gasteiger charge is 2.31. The molecule has 0 atom stereocenters. The van der Waals surface area contributed by atoms with E-state index >= 15 is 0 Å². The van der Waals surface area contributed by atoms with E-state index in [0.29, 0.717) is 35.2 Å². The molecule has 0 bridgehead atoms. The molecule has 0 aliphatic carbocycles. The molecule has 5 nitrogen and oxygen atoms in total. The number of esters is 1. The Bertz CT molecular complexity index is 699. The van der Waals surface area contributed by atoms with E-state index in [2.05, 4.69) is 0 Å². The SMILES string of the molecule is CCCOC(=O)CCCN1C(=O)/C(=C\c2ccc(N(C)C)cc2)SC1=S. The van der Waals surface area contributed by atoms with Gasteiger partial charge < -0.3 is 9.64 Å². The summed E-state index contributed by atoms with van der Waals surface area (Å²) in [6.45, 7) is 2.83. The molecular weight excluding hydrogens is 368 g/mol. The molecule has 1 saturated heterocycles. The zero-order valence-corrected chi connectivity index (χ0v) is 17.0. The van der Waals surface area contributed by atoms with Gasteiger partial charge in [-0.1, -0.05) is 43.0 Å². The molecular formula is C19H24N2O3S2. The highest BCUT2D eigenvalue weighted by molar-refractivity contribution is 8.26. The topological polar surface area (TPSA) is 49.9 Å². The molecule has 0 unspecified atom stereocenters. The predicted molar refractivity (Wildman–Crippen MR) is 111 cm³/mol. The summed E-state index contributed by atoms with van der Waals surface area (Å²) in [5.74, 6) is -0.326. The Morgan fingerprint density at radius 2 is 2.00 bits per heavy atom. The van der Waals surface area contributed by atoms with Gasteiger partial charge in [-0.05, 0) is 36.6 Å². The van der Waals surface area contributed by atoms with Gasteiger partial charge in [-0.15, -0.1) is 0 Å². The van der Waals surface area contributed by atoms with Gasteiger partial charge in [0.2, 0.25) is 0 Å². The molecule has 26 heavy (non-hydrogen) atoms. The number of hydrogen-bond acceptors (Lipinski definition) is 6. The molecule has 2 rings (SSSR count). The van der Waals surface area contributed by atoms with Crippen molar-refractivity contribution in [2.24, 2.45) is 0 Å². The van der Waals surface area contributed by atoms with E-state index in [1.54, 1.807) is 4.90 Å². The maximum absolute atomic E-state index is 12.6. The molecule has 0 spiro atoms. The van der Waals surface area contributed by atoms with Crippen molar-refractivity contribution in [3.8, 4) is 0 Å². The van der Waals surface area contributed by atoms with Crippen molar-refractivity contribution in [1.29, 1.82) is 0 Å². The van der Waals surface area contributed by atoms with Crippen LogP contribution in [0.2, 0.25) is 0 Å². The third kappa shape index (κ3) is 5.57. The third-order valence-corrected chi connectivity index (χ3v) is 5.19. The first-order chi connectivity index (χ1) is 12.4. The van der Waals surface area contributed by atoms with E-state index in [1.807, 2.05) is 56.3 Å². The molecule has 1 aliphatic heterocycles. The molecule has 1 aliphatic rings. The minimum Gasteiger partial charge on any atom is -0.466 e. The van der Waals surface area contributed by atoms with E-state index < -0.39 is 0 Å². The van der Waals surface area contributed by atoms with Gasteiger partial charge in [0.25, 0.3) is 5.91 Å². The van der Waals surface area contributed by atoms with Crippen molar-refractivity contribution >= 4 is 51.9 Å². The van der Waals surface area contributed by atoms with Crippen LogP contribution >= 0.6 is 24.0 Å². The van der Waals surface area contributed by atoms with E-state index in [9.17, 15) is 9.59 Å². The molecule has 1 fully saturated rings. The fraction of sp³-hybridized carbons (Fsp3) is 0.421. The van der Waals surface area contributed by atoms with Crippen LogP contribution in [0.5, 0.6) is 0 Å². The minimum absolute atomic E-state index is 0.0985. The summed E-state index contributed by atoms with van der Waals surface area (Å²) in [5.41, 5.74) is 2.06. The van der Waals surface area contributed by atoms with Crippen LogP contribution in [0.15, 0.2) is 29.2 Å². The number of benzene rings is 1. The Kier molecular flexibility index (Phi) is 7.66. The number of anilines is 1. The van der Waals surface area contributed by atoms with E-state index in [1.165, 1.54) is 11.8 Å². The Labute approximate surface area is 164 Å². The van der Waals surface area contributed by atoms with Crippen LogP contribution in [-0.2, 0) is 14.3 Å². The first kappa shape index (κ1) is 20.5. The highest BCUT2D eigenvalue weighted by atomic mass is 32.2. The summed E-state index contributed by atoms with van der Waals surface area (Å²) in [6.07, 6.45) is 3.50. The van der Waals surface area contributed by atoms with Gasteiger partial charge in [0.15, 0.2) is 0 Å². The number of hydrogen-bond donors (Lipinski definition) is 0. The molecule has 0 saturated carbocycles. The lowest BCUT2D eigenvalue weighted by Gasteiger charge is -2.14. The molecule has 0 radical (unpaired) electrons. The van der Waals surface area contributed by atoms with Crippen molar-refractivity contribution in [3.05, 3.63) is 34.7 Å². The Hall–Kier alpha value is -1.86. The standard InChI is InChI=1S/C19H24N2O3S2/c1-4-12-24-17(22)6-5-11-21-18(23)16(26-19(21)25)13-14-7-9-15(10-8-14)20(2)3/h7-10,13H,4-6,11-12H2,1-3H3/b16-13+. The molecule has 1 aromatic carbocycles. The summed E-state index contributed by atoms with van der Waals surface area (Å²) in [6, 6.07) is 7.97. The van der Waals surface area contributed by atoms with Gasteiger partial charge in [-0.3, -0.25) is 14.5 Å². The predicted octanol–water partition coefficient (Wildman–Crippen LogP) is 3.69. The maximum Gasteiger partial charge on any atom is 0.305 e. The molecule has 1 heterocycles. The average molecular weight is 393 g/mol. The summed E-state index contributed by atoms with van der Waals surface area (Å²) in [4.78, 5) is 28.3. The number of carbonyl (C=O) groups excluding carboxylic acids is 2. The van der Waals surface area contributed by atoms with Crippen LogP contribution in [0, 0.1) is 0 Å². The molecule has 1 amide bonds. The number of thioether (sulfide) groups is 1. The van der Waals surface area contributed by atoms with Crippen molar-refractivity contribution in [2.45, 2.75) is 26.2 Å². The van der Waals surface area contributed by atoms with Gasteiger partial charge in [0.05, 0.1) is 11.5 Å². The lowest BCUT2D eigenvalue weighted by atomic mass is 10.2. The fourth-order valence-electron chi connectivity index (χ4n) is 2.38. The summed E-state index contributed by atoms with van der Waals surface area (Å²) < 4.78 is 5.58. The highest BCUT2D eigenvalue weighted by Crippen LogP contribution is 2.32. The van der Waals surface area contributed by atoms with Crippen molar-refractivity contribution < 1.29 is 14.3 Å². The van der Waals surface area contributed by atoms with Gasteiger partial charge in [-0.2, -0.15) is 0 Å². The van der Waals surface area contributed by atoms with E-state index in [0.717, 1.165) is 17.7 Å². The first-order valence-electron chi connectivity index (χ1n) is 8.60. The number of carbonyl (C=O) groups is 2. The molecule has 0 aromatic heterocycles. The molecule has 1 aromatic rings. The summed E-state index contributed by atoms with van der Waals surface area (Å²) >= 11 is 6.62. The van der Waals surface area contributed by atoms with Crippen LogP contribution in [0.4, 0.5) is 5.69 Å². The van der Waals surface area contributed by atoms with Gasteiger partial charge in [0.1, 0.15) is 4.32 Å². The monoisotopic (exact) mass is 392 g/mol. The van der Waals surface area contributed by atoms with Crippen molar-refractivity contribution in [3.63, 3.8) is 0 Å². The second-order valence-electron chi connectivity index (χ2n) is 6.14. The zero-order valence-electron chi connectivity index (χ0n) is 15.4.